The van der Waals surface area contributed by atoms with Gasteiger partial charge in [-0.3, -0.25) is 0 Å². The number of allylic oxidation sites excluding steroid dienone is 1. The van der Waals surface area contributed by atoms with E-state index in [-0.39, 0.29) is 17.8 Å². The van der Waals surface area contributed by atoms with E-state index in [2.05, 4.69) is 37.8 Å². The van der Waals surface area contributed by atoms with Crippen LogP contribution in [0, 0.1) is 6.92 Å². The van der Waals surface area contributed by atoms with E-state index < -0.39 is 0 Å². The molecule has 1 N–H and O–H groups in total. The number of hydrogen-bond donors (Lipinski definition) is 1. The largest absolute Gasteiger partial charge is 0.513 e. The molecule has 0 unspecified atom stereocenters. The van der Waals surface area contributed by atoms with E-state index in [1.165, 1.54) is 16.7 Å². The molecule has 3 nitrogen and oxygen atoms in total. The van der Waals surface area contributed by atoms with Crippen LogP contribution in [0.1, 0.15) is 47.1 Å². The molecule has 0 spiro atoms. The first-order valence-electron chi connectivity index (χ1n) is 8.50. The van der Waals surface area contributed by atoms with Crippen molar-refractivity contribution in [2.75, 3.05) is 6.61 Å². The van der Waals surface area contributed by atoms with Gasteiger partial charge >= 0.3 is 0 Å². The summed E-state index contributed by atoms with van der Waals surface area (Å²) in [6.07, 6.45) is 2.76. The van der Waals surface area contributed by atoms with Crippen LogP contribution in [0.5, 0.6) is 11.5 Å². The van der Waals surface area contributed by atoms with Gasteiger partial charge in [0.15, 0.2) is 0 Å². The Kier molecular flexibility index (Phi) is 3.72. The molecule has 0 amide bonds. The van der Waals surface area contributed by atoms with Crippen molar-refractivity contribution < 1.29 is 14.6 Å². The van der Waals surface area contributed by atoms with Crippen molar-refractivity contribution in [2.24, 2.45) is 0 Å². The van der Waals surface area contributed by atoms with Gasteiger partial charge in [0.2, 0.25) is 0 Å². The molecule has 4 rings (SSSR count). The summed E-state index contributed by atoms with van der Waals surface area (Å²) in [6, 6.07) is 12.5. The second kappa shape index (κ2) is 5.90. The minimum Gasteiger partial charge on any atom is -0.513 e. The third-order valence-corrected chi connectivity index (χ3v) is 5.08. The lowest BCUT2D eigenvalue weighted by Gasteiger charge is -2.16. The predicted octanol–water partition coefficient (Wildman–Crippen LogP) is 5.00. The van der Waals surface area contributed by atoms with Crippen LogP contribution in [0.4, 0.5) is 0 Å². The molecule has 1 heterocycles. The quantitative estimate of drug-likeness (QED) is 0.805. The first kappa shape index (κ1) is 15.1. The van der Waals surface area contributed by atoms with Gasteiger partial charge in [0.1, 0.15) is 17.6 Å². The van der Waals surface area contributed by atoms with Gasteiger partial charge < -0.3 is 14.6 Å². The summed E-state index contributed by atoms with van der Waals surface area (Å²) in [4.78, 5) is 0. The number of ether oxygens (including phenoxy) is 2. The zero-order valence-electron chi connectivity index (χ0n) is 13.9. The molecule has 0 radical (unpaired) electrons. The van der Waals surface area contributed by atoms with Gasteiger partial charge in [0.05, 0.1) is 12.4 Å². The van der Waals surface area contributed by atoms with Gasteiger partial charge in [-0.2, -0.15) is 0 Å². The minimum atomic E-state index is 0.118. The number of aryl methyl sites for hydroxylation is 1. The monoisotopic (exact) mass is 322 g/mol. The van der Waals surface area contributed by atoms with Gasteiger partial charge in [-0.15, -0.1) is 0 Å². The van der Waals surface area contributed by atoms with Gasteiger partial charge in [-0.25, -0.2) is 0 Å². The highest BCUT2D eigenvalue weighted by Gasteiger charge is 2.28. The first-order valence-corrected chi connectivity index (χ1v) is 8.50. The number of fused-ring (bicyclic) bond motifs is 2. The average Bonchev–Trinajstić information content (AvgIpc) is 3.13. The van der Waals surface area contributed by atoms with Crippen molar-refractivity contribution >= 4 is 0 Å². The Morgan fingerprint density at radius 3 is 3.00 bits per heavy atom. The highest BCUT2D eigenvalue weighted by Crippen LogP contribution is 2.41. The lowest BCUT2D eigenvalue weighted by Crippen LogP contribution is -2.03. The van der Waals surface area contributed by atoms with Gasteiger partial charge in [0, 0.05) is 24.0 Å². The first-order chi connectivity index (χ1) is 11.6. The molecule has 2 aromatic carbocycles. The van der Waals surface area contributed by atoms with Crippen LogP contribution in [0.3, 0.4) is 0 Å². The van der Waals surface area contributed by atoms with Crippen molar-refractivity contribution in [3.8, 4) is 11.5 Å². The minimum absolute atomic E-state index is 0.118. The number of benzene rings is 2. The summed E-state index contributed by atoms with van der Waals surface area (Å²) in [5.41, 5.74) is 5.22. The van der Waals surface area contributed by atoms with Crippen LogP contribution in [0.15, 0.2) is 48.7 Å². The maximum Gasteiger partial charge on any atom is 0.126 e. The van der Waals surface area contributed by atoms with Crippen LogP contribution >= 0.6 is 0 Å². The Hall–Kier alpha value is -2.42. The molecule has 0 saturated heterocycles. The zero-order chi connectivity index (χ0) is 16.7. The second-order valence-electron chi connectivity index (χ2n) is 6.77. The third kappa shape index (κ3) is 2.64. The lowest BCUT2D eigenvalue weighted by atomic mass is 9.97. The molecule has 2 aromatic rings. The molecule has 0 saturated carbocycles. The van der Waals surface area contributed by atoms with E-state index in [0.717, 1.165) is 29.9 Å². The summed E-state index contributed by atoms with van der Waals surface area (Å²) >= 11 is 0. The SMILES string of the molecule is C=C(O)C[C@@H]1COc2cc(O[C@@H]3CCc4c(C)cccc43)ccc21. The summed E-state index contributed by atoms with van der Waals surface area (Å²) in [6.45, 7) is 6.33. The van der Waals surface area contributed by atoms with Crippen molar-refractivity contribution in [3.63, 3.8) is 0 Å². The number of hydrogen-bond acceptors (Lipinski definition) is 3. The molecule has 0 aromatic heterocycles. The molecule has 2 atom stereocenters. The van der Waals surface area contributed by atoms with Crippen molar-refractivity contribution in [2.45, 2.75) is 38.2 Å². The van der Waals surface area contributed by atoms with Gasteiger partial charge in [-0.05, 0) is 42.5 Å². The van der Waals surface area contributed by atoms with E-state index in [4.69, 9.17) is 9.47 Å². The van der Waals surface area contributed by atoms with Crippen LogP contribution in [-0.4, -0.2) is 11.7 Å². The summed E-state index contributed by atoms with van der Waals surface area (Å²) in [5, 5.41) is 9.42. The van der Waals surface area contributed by atoms with Crippen LogP contribution < -0.4 is 9.47 Å². The fraction of sp³-hybridized carbons (Fsp3) is 0.333. The summed E-state index contributed by atoms with van der Waals surface area (Å²) in [5.74, 6) is 2.09. The smallest absolute Gasteiger partial charge is 0.126 e. The van der Waals surface area contributed by atoms with Crippen molar-refractivity contribution in [3.05, 3.63) is 71.0 Å². The van der Waals surface area contributed by atoms with Crippen molar-refractivity contribution in [1.82, 2.24) is 0 Å². The molecule has 1 aliphatic heterocycles. The normalized spacial score (nSPS) is 21.0. The molecule has 0 bridgehead atoms. The highest BCUT2D eigenvalue weighted by atomic mass is 16.5. The van der Waals surface area contributed by atoms with Crippen molar-refractivity contribution in [1.29, 1.82) is 0 Å². The third-order valence-electron chi connectivity index (χ3n) is 5.08. The van der Waals surface area contributed by atoms with E-state index >= 15 is 0 Å². The molecule has 124 valence electrons. The molecule has 24 heavy (non-hydrogen) atoms. The molecule has 0 fully saturated rings. The maximum atomic E-state index is 9.42. The maximum absolute atomic E-state index is 9.42. The van der Waals surface area contributed by atoms with Gasteiger partial charge in [0.25, 0.3) is 0 Å². The predicted molar refractivity (Wildman–Crippen MR) is 93.9 cm³/mol. The molecule has 2 aliphatic rings. The van der Waals surface area contributed by atoms with Crippen LogP contribution in [0.2, 0.25) is 0 Å². The topological polar surface area (TPSA) is 38.7 Å². The fourth-order valence-electron chi connectivity index (χ4n) is 3.87. The van der Waals surface area contributed by atoms with Crippen LogP contribution in [0.25, 0.3) is 0 Å². The molecule has 1 aliphatic carbocycles. The molecular formula is C21H22O3. The number of aliphatic hydroxyl groups is 1. The summed E-state index contributed by atoms with van der Waals surface area (Å²) < 4.78 is 12.0. The Labute approximate surface area is 142 Å². The second-order valence-corrected chi connectivity index (χ2v) is 6.77. The molecule has 3 heteroatoms. The van der Waals surface area contributed by atoms with E-state index in [0.29, 0.717) is 13.0 Å². The van der Waals surface area contributed by atoms with Gasteiger partial charge in [-0.1, -0.05) is 30.8 Å². The Morgan fingerprint density at radius 2 is 2.17 bits per heavy atom. The van der Waals surface area contributed by atoms with E-state index in [1.54, 1.807) is 0 Å². The summed E-state index contributed by atoms with van der Waals surface area (Å²) in [7, 11) is 0. The number of rotatable bonds is 4. The Balaban J connectivity index is 1.54. The standard InChI is InChI=1S/C21H22O3/c1-13-4-3-5-19-17(13)8-9-20(19)24-16-6-7-18-15(10-14(2)22)12-23-21(18)11-16/h3-7,11,15,20,22H,2,8-10,12H2,1H3/t15-,20-/m1/s1. The fourth-order valence-corrected chi connectivity index (χ4v) is 3.87. The average molecular weight is 322 g/mol. The number of aliphatic hydroxyl groups excluding tert-OH is 1. The zero-order valence-corrected chi connectivity index (χ0v) is 13.9. The lowest BCUT2D eigenvalue weighted by molar-refractivity contribution is 0.206. The van der Waals surface area contributed by atoms with Crippen LogP contribution in [-0.2, 0) is 6.42 Å². The highest BCUT2D eigenvalue weighted by molar-refractivity contribution is 5.46. The van der Waals surface area contributed by atoms with E-state index in [1.807, 2.05) is 12.1 Å². The Morgan fingerprint density at radius 1 is 1.29 bits per heavy atom. The molecular weight excluding hydrogens is 300 g/mol. The van der Waals surface area contributed by atoms with E-state index in [9.17, 15) is 5.11 Å². The Bertz CT molecular complexity index is 794.